The summed E-state index contributed by atoms with van der Waals surface area (Å²) in [6.45, 7) is 3.18. The van der Waals surface area contributed by atoms with Crippen molar-refractivity contribution in [3.8, 4) is 0 Å². The smallest absolute Gasteiger partial charge is 0.254 e. The van der Waals surface area contributed by atoms with Gasteiger partial charge in [-0.15, -0.1) is 11.3 Å². The molecule has 0 unspecified atom stereocenters. The number of benzene rings is 1. The maximum Gasteiger partial charge on any atom is 0.254 e. The average Bonchev–Trinajstić information content (AvgIpc) is 3.13. The largest absolute Gasteiger partial charge is 0.347 e. The molecule has 3 rings (SSSR count). The molecule has 0 aliphatic carbocycles. The summed E-state index contributed by atoms with van der Waals surface area (Å²) in [6, 6.07) is 7.12. The van der Waals surface area contributed by atoms with Crippen molar-refractivity contribution in [2.24, 2.45) is 5.92 Å². The quantitative estimate of drug-likeness (QED) is 0.844. The van der Waals surface area contributed by atoms with E-state index in [0.717, 1.165) is 29.9 Å². The number of hydrogen-bond acceptors (Lipinski definition) is 4. The molecule has 5 nitrogen and oxygen atoms in total. The summed E-state index contributed by atoms with van der Waals surface area (Å²) in [7, 11) is -3.74. The van der Waals surface area contributed by atoms with Crippen LogP contribution >= 0.6 is 11.3 Å². The summed E-state index contributed by atoms with van der Waals surface area (Å²) in [5, 5.41) is 4.51. The van der Waals surface area contributed by atoms with E-state index in [0.29, 0.717) is 13.1 Å². The highest BCUT2D eigenvalue weighted by atomic mass is 32.2. The number of carbonyl (C=O) groups is 1. The number of halogens is 1. The molecule has 1 saturated heterocycles. The van der Waals surface area contributed by atoms with E-state index < -0.39 is 21.7 Å². The minimum atomic E-state index is -3.74. The standard InChI is InChI=1S/C18H21FN2O3S2/c1-13-4-2-8-21(12-13)26(23,24)15-6-7-17(19)16(10-15)18(22)20-11-14-5-3-9-25-14/h3,5-7,9-10,13H,2,4,8,11-12H2,1H3,(H,20,22)/t13-/m0/s1. The summed E-state index contributed by atoms with van der Waals surface area (Å²) in [5.74, 6) is -1.08. The van der Waals surface area contributed by atoms with Gasteiger partial charge in [-0.05, 0) is 48.4 Å². The van der Waals surface area contributed by atoms with Crippen LogP contribution in [0.25, 0.3) is 0 Å². The fraction of sp³-hybridized carbons (Fsp3) is 0.389. The molecule has 0 bridgehead atoms. The minimum Gasteiger partial charge on any atom is -0.347 e. The Morgan fingerprint density at radius 2 is 2.19 bits per heavy atom. The van der Waals surface area contributed by atoms with Crippen molar-refractivity contribution in [1.29, 1.82) is 0 Å². The fourth-order valence-electron chi connectivity index (χ4n) is 3.03. The van der Waals surface area contributed by atoms with E-state index in [1.54, 1.807) is 0 Å². The summed E-state index contributed by atoms with van der Waals surface area (Å²) < 4.78 is 41.2. The molecule has 140 valence electrons. The lowest BCUT2D eigenvalue weighted by molar-refractivity contribution is 0.0947. The molecule has 8 heteroatoms. The zero-order chi connectivity index (χ0) is 18.7. The van der Waals surface area contributed by atoms with E-state index in [9.17, 15) is 17.6 Å². The van der Waals surface area contributed by atoms with Crippen molar-refractivity contribution in [2.75, 3.05) is 13.1 Å². The van der Waals surface area contributed by atoms with Gasteiger partial charge in [0.15, 0.2) is 0 Å². The van der Waals surface area contributed by atoms with Crippen LogP contribution in [0.15, 0.2) is 40.6 Å². The van der Waals surface area contributed by atoms with Gasteiger partial charge in [0.05, 0.1) is 17.0 Å². The third kappa shape index (κ3) is 4.13. The fourth-order valence-corrected chi connectivity index (χ4v) is 5.30. The van der Waals surface area contributed by atoms with Crippen LogP contribution in [0.3, 0.4) is 0 Å². The highest BCUT2D eigenvalue weighted by molar-refractivity contribution is 7.89. The first-order valence-electron chi connectivity index (χ1n) is 8.48. The van der Waals surface area contributed by atoms with Crippen molar-refractivity contribution in [2.45, 2.75) is 31.2 Å². The molecule has 1 N–H and O–H groups in total. The Labute approximate surface area is 156 Å². The maximum absolute atomic E-state index is 14.1. The molecular weight excluding hydrogens is 375 g/mol. The molecule has 1 fully saturated rings. The Bertz CT molecular complexity index is 882. The van der Waals surface area contributed by atoms with Crippen LogP contribution < -0.4 is 5.32 Å². The molecule has 2 aromatic rings. The first kappa shape index (κ1) is 19.0. The Balaban J connectivity index is 1.81. The molecule has 1 aliphatic heterocycles. The number of nitrogens with one attached hydrogen (secondary N) is 1. The van der Waals surface area contributed by atoms with Gasteiger partial charge in [-0.1, -0.05) is 13.0 Å². The molecule has 1 aromatic carbocycles. The van der Waals surface area contributed by atoms with E-state index in [1.807, 2.05) is 24.4 Å². The van der Waals surface area contributed by atoms with Crippen LogP contribution in [-0.2, 0) is 16.6 Å². The number of piperidine rings is 1. The van der Waals surface area contributed by atoms with Gasteiger partial charge in [-0.2, -0.15) is 4.31 Å². The zero-order valence-corrected chi connectivity index (χ0v) is 16.1. The maximum atomic E-state index is 14.1. The zero-order valence-electron chi connectivity index (χ0n) is 14.4. The first-order chi connectivity index (χ1) is 12.4. The van der Waals surface area contributed by atoms with Crippen LogP contribution in [0, 0.1) is 11.7 Å². The molecular formula is C18H21FN2O3S2. The van der Waals surface area contributed by atoms with E-state index in [4.69, 9.17) is 0 Å². The summed E-state index contributed by atoms with van der Waals surface area (Å²) in [5.41, 5.74) is -0.257. The first-order valence-corrected chi connectivity index (χ1v) is 10.8. The van der Waals surface area contributed by atoms with Gasteiger partial charge >= 0.3 is 0 Å². The Morgan fingerprint density at radius 1 is 1.38 bits per heavy atom. The SMILES string of the molecule is C[C@H]1CCCN(S(=O)(=O)c2ccc(F)c(C(=O)NCc3cccs3)c2)C1. The van der Waals surface area contributed by atoms with Crippen LogP contribution in [0.4, 0.5) is 4.39 Å². The van der Waals surface area contributed by atoms with Crippen molar-refractivity contribution < 1.29 is 17.6 Å². The van der Waals surface area contributed by atoms with Crippen LogP contribution in [-0.4, -0.2) is 31.7 Å². The van der Waals surface area contributed by atoms with Crippen molar-refractivity contribution >= 4 is 27.3 Å². The molecule has 1 amide bonds. The van der Waals surface area contributed by atoms with Crippen molar-refractivity contribution in [1.82, 2.24) is 9.62 Å². The normalized spacial score (nSPS) is 18.6. The van der Waals surface area contributed by atoms with Gasteiger partial charge in [0, 0.05) is 18.0 Å². The van der Waals surface area contributed by atoms with E-state index >= 15 is 0 Å². The monoisotopic (exact) mass is 396 g/mol. The number of rotatable bonds is 5. The lowest BCUT2D eigenvalue weighted by Crippen LogP contribution is -2.39. The van der Waals surface area contributed by atoms with Gasteiger partial charge < -0.3 is 5.32 Å². The third-order valence-electron chi connectivity index (χ3n) is 4.44. The van der Waals surface area contributed by atoms with Crippen LogP contribution in [0.1, 0.15) is 35.0 Å². The molecule has 1 aromatic heterocycles. The van der Waals surface area contributed by atoms with E-state index in [-0.39, 0.29) is 22.9 Å². The molecule has 0 radical (unpaired) electrons. The minimum absolute atomic E-state index is 0.0470. The van der Waals surface area contributed by atoms with Gasteiger partial charge in [0.1, 0.15) is 5.82 Å². The predicted octanol–water partition coefficient (Wildman–Crippen LogP) is 3.24. The van der Waals surface area contributed by atoms with E-state index in [2.05, 4.69) is 5.32 Å². The lowest BCUT2D eigenvalue weighted by Gasteiger charge is -2.30. The van der Waals surface area contributed by atoms with Gasteiger partial charge in [0.25, 0.3) is 5.91 Å². The lowest BCUT2D eigenvalue weighted by atomic mass is 10.0. The van der Waals surface area contributed by atoms with Crippen LogP contribution in [0.5, 0.6) is 0 Å². The molecule has 2 heterocycles. The molecule has 1 aliphatic rings. The van der Waals surface area contributed by atoms with Crippen molar-refractivity contribution in [3.63, 3.8) is 0 Å². The van der Waals surface area contributed by atoms with Gasteiger partial charge in [0.2, 0.25) is 10.0 Å². The molecule has 0 saturated carbocycles. The summed E-state index contributed by atoms with van der Waals surface area (Å²) in [4.78, 5) is 13.2. The number of nitrogens with zero attached hydrogens (tertiary/aromatic N) is 1. The number of hydrogen-bond donors (Lipinski definition) is 1. The van der Waals surface area contributed by atoms with E-state index in [1.165, 1.54) is 21.7 Å². The number of thiophene rings is 1. The second-order valence-corrected chi connectivity index (χ2v) is 9.48. The topological polar surface area (TPSA) is 66.5 Å². The van der Waals surface area contributed by atoms with Crippen LogP contribution in [0.2, 0.25) is 0 Å². The second kappa shape index (κ2) is 7.85. The Morgan fingerprint density at radius 3 is 2.88 bits per heavy atom. The summed E-state index contributed by atoms with van der Waals surface area (Å²) >= 11 is 1.48. The highest BCUT2D eigenvalue weighted by Crippen LogP contribution is 2.25. The van der Waals surface area contributed by atoms with Gasteiger partial charge in [-0.25, -0.2) is 12.8 Å². The average molecular weight is 397 g/mol. The highest BCUT2D eigenvalue weighted by Gasteiger charge is 2.29. The third-order valence-corrected chi connectivity index (χ3v) is 7.18. The molecule has 1 atom stereocenters. The predicted molar refractivity (Wildman–Crippen MR) is 99.0 cm³/mol. The second-order valence-electron chi connectivity index (χ2n) is 6.51. The van der Waals surface area contributed by atoms with Crippen molar-refractivity contribution in [3.05, 3.63) is 52.0 Å². The Kier molecular flexibility index (Phi) is 5.74. The summed E-state index contributed by atoms with van der Waals surface area (Å²) in [6.07, 6.45) is 1.79. The molecule has 26 heavy (non-hydrogen) atoms. The van der Waals surface area contributed by atoms with Gasteiger partial charge in [-0.3, -0.25) is 4.79 Å². The number of sulfonamides is 1. The Hall–Kier alpha value is -1.77. The number of amides is 1. The number of carbonyl (C=O) groups excluding carboxylic acids is 1. The molecule has 0 spiro atoms.